The lowest BCUT2D eigenvalue weighted by Gasteiger charge is -2.10. The first kappa shape index (κ1) is 25.9. The van der Waals surface area contributed by atoms with Gasteiger partial charge in [-0.2, -0.15) is 5.10 Å². The fraction of sp³-hybridized carbons (Fsp3) is 0.231. The molecule has 0 saturated heterocycles. The molecule has 0 aliphatic rings. The normalized spacial score (nSPS) is 11.2. The Kier molecular flexibility index (Phi) is 7.06. The van der Waals surface area contributed by atoms with Gasteiger partial charge in [-0.15, -0.1) is 0 Å². The molecule has 4 aromatic rings. The third-order valence-electron chi connectivity index (χ3n) is 5.69. The van der Waals surface area contributed by atoms with Crippen LogP contribution in [-0.4, -0.2) is 15.7 Å². The smallest absolute Gasteiger partial charge is 0.291 e. The van der Waals surface area contributed by atoms with Gasteiger partial charge in [0.05, 0.1) is 29.2 Å². The zero-order valence-electron chi connectivity index (χ0n) is 20.3. The van der Waals surface area contributed by atoms with E-state index < -0.39 is 47.1 Å². The summed E-state index contributed by atoms with van der Waals surface area (Å²) in [6.07, 6.45) is 0. The van der Waals surface area contributed by atoms with Crippen LogP contribution in [0.15, 0.2) is 34.7 Å². The molecular formula is C26H22F5N3O3. The number of ether oxygens (including phenoxy) is 1. The van der Waals surface area contributed by atoms with E-state index in [0.717, 1.165) is 15.8 Å². The molecule has 6 nitrogen and oxygen atoms in total. The lowest BCUT2D eigenvalue weighted by Crippen LogP contribution is -2.14. The highest BCUT2D eigenvalue weighted by Crippen LogP contribution is 2.27. The second kappa shape index (κ2) is 10.1. The lowest BCUT2D eigenvalue weighted by molar-refractivity contribution is 0.0992. The third kappa shape index (κ3) is 5.20. The molecule has 4 rings (SSSR count). The van der Waals surface area contributed by atoms with Crippen LogP contribution in [0.2, 0.25) is 0 Å². The van der Waals surface area contributed by atoms with Gasteiger partial charge in [-0.05, 0) is 63.1 Å². The van der Waals surface area contributed by atoms with Crippen LogP contribution in [0.5, 0.6) is 5.75 Å². The Bertz CT molecular complexity index is 1460. The molecule has 0 atom stereocenters. The molecule has 194 valence electrons. The molecule has 2 aromatic carbocycles. The number of halogens is 5. The minimum Gasteiger partial charge on any atom is -0.486 e. The van der Waals surface area contributed by atoms with Gasteiger partial charge in [0, 0.05) is 0 Å². The number of rotatable bonds is 7. The van der Waals surface area contributed by atoms with Crippen molar-refractivity contribution >= 4 is 11.6 Å². The SMILES string of the molecule is Cc1cc(C)cc(OCc2ccc(C(=O)Nc3c(C)nn(Cc4c(F)c(F)c(F)c(F)c4F)c3C)o2)c1. The molecule has 0 aliphatic heterocycles. The number of benzene rings is 2. The summed E-state index contributed by atoms with van der Waals surface area (Å²) in [6.45, 7) is 6.24. The number of carbonyl (C=O) groups is 1. The number of hydrogen-bond donors (Lipinski definition) is 1. The summed E-state index contributed by atoms with van der Waals surface area (Å²) in [4.78, 5) is 12.8. The molecule has 0 fully saturated rings. The minimum atomic E-state index is -2.24. The van der Waals surface area contributed by atoms with Crippen LogP contribution in [0.3, 0.4) is 0 Å². The molecular weight excluding hydrogens is 497 g/mol. The highest BCUT2D eigenvalue weighted by molar-refractivity contribution is 6.02. The number of hydrogen-bond acceptors (Lipinski definition) is 4. The molecule has 0 spiro atoms. The fourth-order valence-electron chi connectivity index (χ4n) is 3.89. The maximum atomic E-state index is 14.1. The van der Waals surface area contributed by atoms with Crippen molar-refractivity contribution in [2.45, 2.75) is 40.8 Å². The predicted octanol–water partition coefficient (Wildman–Crippen LogP) is 6.28. The van der Waals surface area contributed by atoms with E-state index in [4.69, 9.17) is 9.15 Å². The summed E-state index contributed by atoms with van der Waals surface area (Å²) < 4.78 is 81.1. The van der Waals surface area contributed by atoms with Crippen molar-refractivity contribution in [1.82, 2.24) is 9.78 Å². The maximum absolute atomic E-state index is 14.1. The van der Waals surface area contributed by atoms with Crippen LogP contribution in [0.25, 0.3) is 0 Å². The van der Waals surface area contributed by atoms with E-state index >= 15 is 0 Å². The minimum absolute atomic E-state index is 0.0228. The van der Waals surface area contributed by atoms with Crippen molar-refractivity contribution in [3.05, 3.63) is 99.0 Å². The van der Waals surface area contributed by atoms with Crippen LogP contribution < -0.4 is 10.1 Å². The van der Waals surface area contributed by atoms with E-state index in [9.17, 15) is 26.7 Å². The zero-order chi connectivity index (χ0) is 27.0. The van der Waals surface area contributed by atoms with Crippen molar-refractivity contribution in [2.24, 2.45) is 0 Å². The predicted molar refractivity (Wildman–Crippen MR) is 124 cm³/mol. The second-order valence-corrected chi connectivity index (χ2v) is 8.58. The van der Waals surface area contributed by atoms with Gasteiger partial charge in [0.25, 0.3) is 5.91 Å². The topological polar surface area (TPSA) is 69.3 Å². The van der Waals surface area contributed by atoms with Crippen LogP contribution >= 0.6 is 0 Å². The summed E-state index contributed by atoms with van der Waals surface area (Å²) in [5, 5.41) is 6.69. The van der Waals surface area contributed by atoms with Crippen LogP contribution in [0, 0.1) is 56.8 Å². The molecule has 0 radical (unpaired) electrons. The van der Waals surface area contributed by atoms with E-state index in [-0.39, 0.29) is 29.4 Å². The monoisotopic (exact) mass is 519 g/mol. The van der Waals surface area contributed by atoms with Crippen molar-refractivity contribution in [3.8, 4) is 5.75 Å². The van der Waals surface area contributed by atoms with Gasteiger partial charge >= 0.3 is 0 Å². The van der Waals surface area contributed by atoms with Crippen LogP contribution in [0.4, 0.5) is 27.6 Å². The third-order valence-corrected chi connectivity index (χ3v) is 5.69. The number of aryl methyl sites for hydroxylation is 3. The van der Waals surface area contributed by atoms with Gasteiger partial charge in [-0.25, -0.2) is 22.0 Å². The summed E-state index contributed by atoms with van der Waals surface area (Å²) in [7, 11) is 0. The summed E-state index contributed by atoms with van der Waals surface area (Å²) in [6, 6.07) is 8.80. The average molecular weight is 519 g/mol. The summed E-state index contributed by atoms with van der Waals surface area (Å²) >= 11 is 0. The number of amides is 1. The molecule has 2 heterocycles. The highest BCUT2D eigenvalue weighted by atomic mass is 19.2. The second-order valence-electron chi connectivity index (χ2n) is 8.58. The Labute approximate surface area is 208 Å². The Morgan fingerprint density at radius 3 is 2.14 bits per heavy atom. The Morgan fingerprint density at radius 1 is 0.919 bits per heavy atom. The Hall–Kier alpha value is -4.15. The van der Waals surface area contributed by atoms with Gasteiger partial charge < -0.3 is 14.5 Å². The number of carbonyl (C=O) groups excluding carboxylic acids is 1. The van der Waals surface area contributed by atoms with Crippen molar-refractivity contribution in [1.29, 1.82) is 0 Å². The highest BCUT2D eigenvalue weighted by Gasteiger charge is 2.27. The quantitative estimate of drug-likeness (QED) is 0.177. The first-order valence-electron chi connectivity index (χ1n) is 11.1. The van der Waals surface area contributed by atoms with E-state index in [1.54, 1.807) is 6.07 Å². The lowest BCUT2D eigenvalue weighted by atomic mass is 10.1. The first-order chi connectivity index (χ1) is 17.5. The van der Waals surface area contributed by atoms with Crippen LogP contribution in [-0.2, 0) is 13.2 Å². The molecule has 0 saturated carbocycles. The zero-order valence-corrected chi connectivity index (χ0v) is 20.3. The Balaban J connectivity index is 1.48. The molecule has 2 aromatic heterocycles. The molecule has 37 heavy (non-hydrogen) atoms. The van der Waals surface area contributed by atoms with Crippen molar-refractivity contribution < 1.29 is 35.9 Å². The van der Waals surface area contributed by atoms with E-state index in [2.05, 4.69) is 10.4 Å². The maximum Gasteiger partial charge on any atom is 0.291 e. The number of nitrogens with zero attached hydrogens (tertiary/aromatic N) is 2. The Morgan fingerprint density at radius 2 is 1.51 bits per heavy atom. The van der Waals surface area contributed by atoms with E-state index in [1.807, 2.05) is 32.0 Å². The molecule has 11 heteroatoms. The number of aromatic nitrogens is 2. The van der Waals surface area contributed by atoms with Gasteiger partial charge in [-0.3, -0.25) is 9.48 Å². The molecule has 0 bridgehead atoms. The van der Waals surface area contributed by atoms with E-state index in [1.165, 1.54) is 19.9 Å². The van der Waals surface area contributed by atoms with Gasteiger partial charge in [0.2, 0.25) is 5.82 Å². The number of furan rings is 1. The van der Waals surface area contributed by atoms with Gasteiger partial charge in [0.15, 0.2) is 29.0 Å². The summed E-state index contributed by atoms with van der Waals surface area (Å²) in [5.41, 5.74) is 1.75. The van der Waals surface area contributed by atoms with Gasteiger partial charge in [0.1, 0.15) is 18.1 Å². The first-order valence-corrected chi connectivity index (χ1v) is 11.1. The van der Waals surface area contributed by atoms with Gasteiger partial charge in [-0.1, -0.05) is 6.07 Å². The summed E-state index contributed by atoms with van der Waals surface area (Å²) in [5.74, 6) is -9.80. The standard InChI is InChI=1S/C26H22F5N3O3/c1-12-7-13(2)9-17(8-12)36-11-16-5-6-19(37-16)26(35)32-25-14(3)33-34(15(25)4)10-18-20(27)22(29)24(31)23(30)21(18)28/h5-9H,10-11H2,1-4H3,(H,32,35). The number of anilines is 1. The molecule has 0 unspecified atom stereocenters. The largest absolute Gasteiger partial charge is 0.486 e. The van der Waals surface area contributed by atoms with E-state index in [0.29, 0.717) is 11.5 Å². The van der Waals surface area contributed by atoms with Crippen LogP contribution in [0.1, 0.15) is 44.4 Å². The molecule has 1 amide bonds. The molecule has 0 aliphatic carbocycles. The average Bonchev–Trinajstić information content (AvgIpc) is 3.43. The molecule has 1 N–H and O–H groups in total. The number of nitrogens with one attached hydrogen (secondary N) is 1. The van der Waals surface area contributed by atoms with Crippen molar-refractivity contribution in [2.75, 3.05) is 5.32 Å². The van der Waals surface area contributed by atoms with Crippen molar-refractivity contribution in [3.63, 3.8) is 0 Å². The fourth-order valence-corrected chi connectivity index (χ4v) is 3.89.